The van der Waals surface area contributed by atoms with Gasteiger partial charge in [0.2, 0.25) is 0 Å². The summed E-state index contributed by atoms with van der Waals surface area (Å²) in [5.41, 5.74) is 0. The highest BCUT2D eigenvalue weighted by molar-refractivity contribution is 7.99. The van der Waals surface area contributed by atoms with E-state index in [-0.39, 0.29) is 0 Å². The molecule has 0 saturated carbocycles. The molecule has 0 rings (SSSR count). The summed E-state index contributed by atoms with van der Waals surface area (Å²) in [7, 11) is 4.13. The maximum absolute atomic E-state index is 8.19. The Kier molecular flexibility index (Phi) is 6.78. The standard InChI is InChI=1S/C7H14N2S/c1-9(2)5-3-6-10-7-4-8/h3,5-7H2,1-2H3. The van der Waals surface area contributed by atoms with E-state index in [0.717, 1.165) is 12.3 Å². The van der Waals surface area contributed by atoms with Gasteiger partial charge in [0.1, 0.15) is 0 Å². The maximum atomic E-state index is 8.19. The van der Waals surface area contributed by atoms with Crippen LogP contribution in [0.3, 0.4) is 0 Å². The average Bonchev–Trinajstić information content (AvgIpc) is 1.87. The molecule has 0 aliphatic carbocycles. The minimum atomic E-state index is 0.632. The number of nitrogens with zero attached hydrogens (tertiary/aromatic N) is 2. The van der Waals surface area contributed by atoms with Gasteiger partial charge in [0, 0.05) is 0 Å². The molecule has 10 heavy (non-hydrogen) atoms. The van der Waals surface area contributed by atoms with Gasteiger partial charge in [-0.1, -0.05) is 0 Å². The third-order valence-corrected chi connectivity index (χ3v) is 1.97. The molecule has 0 aromatic rings. The van der Waals surface area contributed by atoms with Gasteiger partial charge in [-0.25, -0.2) is 0 Å². The van der Waals surface area contributed by atoms with Crippen molar-refractivity contribution in [3.63, 3.8) is 0 Å². The number of rotatable bonds is 5. The molecule has 0 heterocycles. The second-order valence-corrected chi connectivity index (χ2v) is 3.47. The van der Waals surface area contributed by atoms with Crippen LogP contribution in [-0.2, 0) is 0 Å². The Morgan fingerprint density at radius 1 is 1.50 bits per heavy atom. The van der Waals surface area contributed by atoms with Gasteiger partial charge >= 0.3 is 0 Å². The first-order valence-corrected chi connectivity index (χ1v) is 4.52. The summed E-state index contributed by atoms with van der Waals surface area (Å²) in [5.74, 6) is 1.74. The van der Waals surface area contributed by atoms with E-state index in [4.69, 9.17) is 5.26 Å². The zero-order chi connectivity index (χ0) is 7.82. The molecular formula is C7H14N2S. The van der Waals surface area contributed by atoms with Crippen molar-refractivity contribution in [2.45, 2.75) is 6.42 Å². The van der Waals surface area contributed by atoms with E-state index in [9.17, 15) is 0 Å². The average molecular weight is 158 g/mol. The monoisotopic (exact) mass is 158 g/mol. The van der Waals surface area contributed by atoms with Gasteiger partial charge in [0.25, 0.3) is 0 Å². The highest BCUT2D eigenvalue weighted by Gasteiger charge is 1.89. The predicted octanol–water partition coefficient (Wildman–Crippen LogP) is 1.19. The summed E-state index contributed by atoms with van der Waals surface area (Å²) in [5, 5.41) is 8.19. The molecule has 0 N–H and O–H groups in total. The molecule has 0 fully saturated rings. The summed E-state index contributed by atoms with van der Waals surface area (Å²) in [6.45, 7) is 1.12. The molecule has 3 heteroatoms. The van der Waals surface area contributed by atoms with Crippen LogP contribution in [0.4, 0.5) is 0 Å². The van der Waals surface area contributed by atoms with Crippen LogP contribution in [0.1, 0.15) is 6.42 Å². The molecule has 0 spiro atoms. The molecule has 58 valence electrons. The minimum absolute atomic E-state index is 0.632. The lowest BCUT2D eigenvalue weighted by molar-refractivity contribution is 0.410. The van der Waals surface area contributed by atoms with Gasteiger partial charge in [-0.15, -0.1) is 11.8 Å². The lowest BCUT2D eigenvalue weighted by Crippen LogP contribution is -2.13. The van der Waals surface area contributed by atoms with Gasteiger partial charge in [-0.2, -0.15) is 5.26 Å². The lowest BCUT2D eigenvalue weighted by atomic mass is 10.5. The third-order valence-electron chi connectivity index (χ3n) is 1.06. The van der Waals surface area contributed by atoms with Crippen LogP contribution < -0.4 is 0 Å². The van der Waals surface area contributed by atoms with E-state index in [1.807, 2.05) is 0 Å². The topological polar surface area (TPSA) is 27.0 Å². The molecule has 0 bridgehead atoms. The van der Waals surface area contributed by atoms with Crippen molar-refractivity contribution in [2.75, 3.05) is 32.1 Å². The SMILES string of the molecule is CN(C)CCCSCC#N. The molecular weight excluding hydrogens is 144 g/mol. The Hall–Kier alpha value is -0.200. The minimum Gasteiger partial charge on any atom is -0.309 e. The summed E-state index contributed by atoms with van der Waals surface area (Å²) in [6.07, 6.45) is 1.18. The Bertz CT molecular complexity index is 107. The lowest BCUT2D eigenvalue weighted by Gasteiger charge is -2.07. The van der Waals surface area contributed by atoms with Crippen molar-refractivity contribution in [3.05, 3.63) is 0 Å². The van der Waals surface area contributed by atoms with Gasteiger partial charge in [-0.05, 0) is 32.8 Å². The van der Waals surface area contributed by atoms with Crippen LogP contribution in [-0.4, -0.2) is 37.0 Å². The van der Waals surface area contributed by atoms with Crippen LogP contribution >= 0.6 is 11.8 Å². The van der Waals surface area contributed by atoms with Crippen LogP contribution in [0.25, 0.3) is 0 Å². The van der Waals surface area contributed by atoms with Crippen LogP contribution in [0.5, 0.6) is 0 Å². The molecule has 0 aliphatic heterocycles. The van der Waals surface area contributed by atoms with E-state index in [1.54, 1.807) is 11.8 Å². The molecule has 0 aromatic heterocycles. The molecule has 0 amide bonds. The Morgan fingerprint density at radius 3 is 2.70 bits per heavy atom. The normalized spacial score (nSPS) is 9.80. The highest BCUT2D eigenvalue weighted by Crippen LogP contribution is 2.00. The summed E-state index contributed by atoms with van der Waals surface area (Å²) in [4.78, 5) is 2.16. The molecule has 0 aromatic carbocycles. The molecule has 0 radical (unpaired) electrons. The number of hydrogen-bond donors (Lipinski definition) is 0. The van der Waals surface area contributed by atoms with Crippen molar-refractivity contribution in [1.29, 1.82) is 5.26 Å². The number of nitriles is 1. The van der Waals surface area contributed by atoms with Crippen molar-refractivity contribution in [1.82, 2.24) is 4.90 Å². The predicted molar refractivity (Wildman–Crippen MR) is 46.1 cm³/mol. The zero-order valence-electron chi connectivity index (χ0n) is 6.63. The Labute approximate surface area is 67.2 Å². The fourth-order valence-corrected chi connectivity index (χ4v) is 1.17. The summed E-state index contributed by atoms with van der Waals surface area (Å²) < 4.78 is 0. The van der Waals surface area contributed by atoms with Crippen molar-refractivity contribution >= 4 is 11.8 Å². The van der Waals surface area contributed by atoms with Crippen molar-refractivity contribution in [3.8, 4) is 6.07 Å². The first-order valence-electron chi connectivity index (χ1n) is 3.37. The second kappa shape index (κ2) is 6.91. The third kappa shape index (κ3) is 7.80. The fraction of sp³-hybridized carbons (Fsp3) is 0.857. The zero-order valence-corrected chi connectivity index (χ0v) is 7.45. The summed E-state index contributed by atoms with van der Waals surface area (Å²) >= 11 is 1.71. The molecule has 0 unspecified atom stereocenters. The van der Waals surface area contributed by atoms with E-state index < -0.39 is 0 Å². The van der Waals surface area contributed by atoms with Gasteiger partial charge in [0.05, 0.1) is 11.8 Å². The first-order chi connectivity index (χ1) is 4.77. The van der Waals surface area contributed by atoms with Crippen molar-refractivity contribution in [2.24, 2.45) is 0 Å². The molecule has 0 aliphatic rings. The van der Waals surface area contributed by atoms with Crippen LogP contribution in [0.15, 0.2) is 0 Å². The Morgan fingerprint density at radius 2 is 2.20 bits per heavy atom. The fourth-order valence-electron chi connectivity index (χ4n) is 0.601. The van der Waals surface area contributed by atoms with Crippen LogP contribution in [0, 0.1) is 11.3 Å². The van der Waals surface area contributed by atoms with E-state index in [1.165, 1.54) is 6.42 Å². The Balaban J connectivity index is 2.86. The van der Waals surface area contributed by atoms with Gasteiger partial charge in [-0.3, -0.25) is 0 Å². The van der Waals surface area contributed by atoms with E-state index >= 15 is 0 Å². The molecule has 0 saturated heterocycles. The number of hydrogen-bond acceptors (Lipinski definition) is 3. The van der Waals surface area contributed by atoms with Gasteiger partial charge in [0.15, 0.2) is 0 Å². The smallest absolute Gasteiger partial charge is 0.0808 e. The van der Waals surface area contributed by atoms with Crippen molar-refractivity contribution < 1.29 is 0 Å². The van der Waals surface area contributed by atoms with E-state index in [0.29, 0.717) is 5.75 Å². The van der Waals surface area contributed by atoms with Crippen LogP contribution in [0.2, 0.25) is 0 Å². The first kappa shape index (κ1) is 9.80. The quantitative estimate of drug-likeness (QED) is 0.562. The summed E-state index contributed by atoms with van der Waals surface area (Å²) in [6, 6.07) is 2.11. The maximum Gasteiger partial charge on any atom is 0.0808 e. The molecule has 2 nitrogen and oxygen atoms in total. The largest absolute Gasteiger partial charge is 0.309 e. The number of thioether (sulfide) groups is 1. The molecule has 0 atom stereocenters. The second-order valence-electron chi connectivity index (χ2n) is 2.37. The van der Waals surface area contributed by atoms with E-state index in [2.05, 4.69) is 25.1 Å². The van der Waals surface area contributed by atoms with Gasteiger partial charge < -0.3 is 4.90 Å². The highest BCUT2D eigenvalue weighted by atomic mass is 32.2.